The summed E-state index contributed by atoms with van der Waals surface area (Å²) in [6, 6.07) is 12.6. The third-order valence-corrected chi connectivity index (χ3v) is 4.24. The molecule has 0 spiro atoms. The number of anilines is 1. The Kier molecular flexibility index (Phi) is 7.77. The first-order chi connectivity index (χ1) is 13.8. The summed E-state index contributed by atoms with van der Waals surface area (Å²) in [5.74, 6) is 0.797. The van der Waals surface area contributed by atoms with E-state index < -0.39 is 5.91 Å². The highest BCUT2D eigenvalue weighted by Gasteiger charge is 2.10. The molecule has 7 nitrogen and oxygen atoms in total. The van der Waals surface area contributed by atoms with Crippen LogP contribution in [0.4, 0.5) is 5.69 Å². The summed E-state index contributed by atoms with van der Waals surface area (Å²) in [6.07, 6.45) is 0.0631. The number of benzene rings is 2. The van der Waals surface area contributed by atoms with Crippen LogP contribution >= 0.6 is 0 Å². The van der Waals surface area contributed by atoms with E-state index in [9.17, 15) is 9.59 Å². The van der Waals surface area contributed by atoms with Gasteiger partial charge in [-0.3, -0.25) is 9.59 Å². The lowest BCUT2D eigenvalue weighted by Gasteiger charge is -2.09. The van der Waals surface area contributed by atoms with E-state index in [2.05, 4.69) is 29.7 Å². The summed E-state index contributed by atoms with van der Waals surface area (Å²) in [5.41, 5.74) is 5.19. The SMILES string of the molecule is COc1cc(OC)cc(C(=O)N/N=C(\C)CC(=O)Nc2ccc(C(C)C)cc2)c1. The number of hydrogen-bond acceptors (Lipinski definition) is 5. The Morgan fingerprint density at radius 1 is 1.00 bits per heavy atom. The average Bonchev–Trinajstić information content (AvgIpc) is 2.71. The number of nitrogens with zero attached hydrogens (tertiary/aromatic N) is 1. The third kappa shape index (κ3) is 6.64. The van der Waals surface area contributed by atoms with Crippen molar-refractivity contribution in [2.45, 2.75) is 33.1 Å². The summed E-state index contributed by atoms with van der Waals surface area (Å²) in [6.45, 7) is 5.90. The van der Waals surface area contributed by atoms with Gasteiger partial charge in [0.1, 0.15) is 11.5 Å². The topological polar surface area (TPSA) is 89.0 Å². The first-order valence-corrected chi connectivity index (χ1v) is 9.28. The molecule has 2 aromatic rings. The van der Waals surface area contributed by atoms with Gasteiger partial charge < -0.3 is 14.8 Å². The summed E-state index contributed by atoms with van der Waals surface area (Å²) < 4.78 is 10.3. The molecule has 0 aromatic heterocycles. The fourth-order valence-electron chi connectivity index (χ4n) is 2.58. The molecule has 0 saturated heterocycles. The average molecular weight is 397 g/mol. The predicted octanol–water partition coefficient (Wildman–Crippen LogP) is 3.96. The molecule has 2 aromatic carbocycles. The molecule has 0 aliphatic carbocycles. The highest BCUT2D eigenvalue weighted by molar-refractivity contribution is 6.06. The minimum Gasteiger partial charge on any atom is -0.497 e. The number of hydrazone groups is 1. The molecular formula is C22H27N3O4. The highest BCUT2D eigenvalue weighted by atomic mass is 16.5. The van der Waals surface area contributed by atoms with Gasteiger partial charge in [0.15, 0.2) is 0 Å². The van der Waals surface area contributed by atoms with Crippen LogP contribution in [-0.2, 0) is 4.79 Å². The first-order valence-electron chi connectivity index (χ1n) is 9.28. The van der Waals surface area contributed by atoms with Crippen molar-refractivity contribution in [3.63, 3.8) is 0 Å². The lowest BCUT2D eigenvalue weighted by atomic mass is 10.0. The van der Waals surface area contributed by atoms with Crippen LogP contribution in [0.25, 0.3) is 0 Å². The largest absolute Gasteiger partial charge is 0.497 e. The smallest absolute Gasteiger partial charge is 0.271 e. The molecule has 2 amide bonds. The van der Waals surface area contributed by atoms with Crippen molar-refractivity contribution in [1.82, 2.24) is 5.43 Å². The number of methoxy groups -OCH3 is 2. The van der Waals surface area contributed by atoms with Crippen LogP contribution in [0.3, 0.4) is 0 Å². The Morgan fingerprint density at radius 2 is 1.59 bits per heavy atom. The highest BCUT2D eigenvalue weighted by Crippen LogP contribution is 2.22. The first kappa shape index (κ1) is 21.9. The number of amides is 2. The molecule has 0 bridgehead atoms. The van der Waals surface area contributed by atoms with Gasteiger partial charge in [-0.1, -0.05) is 26.0 Å². The zero-order chi connectivity index (χ0) is 21.4. The Labute approximate surface area is 171 Å². The van der Waals surface area contributed by atoms with Crippen LogP contribution in [-0.4, -0.2) is 31.7 Å². The van der Waals surface area contributed by atoms with E-state index >= 15 is 0 Å². The zero-order valence-electron chi connectivity index (χ0n) is 17.4. The van der Waals surface area contributed by atoms with Gasteiger partial charge in [0.25, 0.3) is 5.91 Å². The van der Waals surface area contributed by atoms with Crippen LogP contribution in [0.5, 0.6) is 11.5 Å². The van der Waals surface area contributed by atoms with Crippen molar-refractivity contribution in [1.29, 1.82) is 0 Å². The van der Waals surface area contributed by atoms with Crippen molar-refractivity contribution in [2.24, 2.45) is 5.10 Å². The number of carbonyl (C=O) groups is 2. The van der Waals surface area contributed by atoms with E-state index in [0.717, 1.165) is 5.69 Å². The van der Waals surface area contributed by atoms with Crippen LogP contribution in [0, 0.1) is 0 Å². The van der Waals surface area contributed by atoms with Crippen molar-refractivity contribution in [3.8, 4) is 11.5 Å². The van der Waals surface area contributed by atoms with E-state index in [4.69, 9.17) is 9.47 Å². The molecule has 2 N–H and O–H groups in total. The number of carbonyl (C=O) groups excluding carboxylic acids is 2. The van der Waals surface area contributed by atoms with E-state index in [-0.39, 0.29) is 12.3 Å². The fraction of sp³-hybridized carbons (Fsp3) is 0.318. The Hall–Kier alpha value is -3.35. The maximum atomic E-state index is 12.3. The fourth-order valence-corrected chi connectivity index (χ4v) is 2.58. The lowest BCUT2D eigenvalue weighted by Crippen LogP contribution is -2.21. The van der Waals surface area contributed by atoms with E-state index in [1.54, 1.807) is 25.1 Å². The molecular weight excluding hydrogens is 370 g/mol. The van der Waals surface area contributed by atoms with Crippen LogP contribution < -0.4 is 20.2 Å². The van der Waals surface area contributed by atoms with Crippen molar-refractivity contribution in [3.05, 3.63) is 53.6 Å². The molecule has 0 radical (unpaired) electrons. The summed E-state index contributed by atoms with van der Waals surface area (Å²) in [5, 5.41) is 6.83. The van der Waals surface area contributed by atoms with Crippen molar-refractivity contribution >= 4 is 23.2 Å². The molecule has 0 aliphatic heterocycles. The van der Waals surface area contributed by atoms with Gasteiger partial charge in [-0.2, -0.15) is 5.10 Å². The van der Waals surface area contributed by atoms with Gasteiger partial charge in [0, 0.05) is 23.0 Å². The van der Waals surface area contributed by atoms with Gasteiger partial charge >= 0.3 is 0 Å². The van der Waals surface area contributed by atoms with Gasteiger partial charge in [-0.15, -0.1) is 0 Å². The molecule has 7 heteroatoms. The number of nitrogens with one attached hydrogen (secondary N) is 2. The lowest BCUT2D eigenvalue weighted by molar-refractivity contribution is -0.115. The van der Waals surface area contributed by atoms with Gasteiger partial charge in [0.05, 0.1) is 20.6 Å². The molecule has 0 unspecified atom stereocenters. The number of rotatable bonds is 8. The third-order valence-electron chi connectivity index (χ3n) is 4.24. The Morgan fingerprint density at radius 3 is 2.10 bits per heavy atom. The van der Waals surface area contributed by atoms with Crippen LogP contribution in [0.15, 0.2) is 47.6 Å². The van der Waals surface area contributed by atoms with Gasteiger partial charge in [-0.25, -0.2) is 5.43 Å². The van der Waals surface area contributed by atoms with Crippen molar-refractivity contribution in [2.75, 3.05) is 19.5 Å². The predicted molar refractivity (Wildman–Crippen MR) is 114 cm³/mol. The van der Waals surface area contributed by atoms with Gasteiger partial charge in [0.2, 0.25) is 5.91 Å². The van der Waals surface area contributed by atoms with Crippen LogP contribution in [0.1, 0.15) is 49.0 Å². The molecule has 0 saturated carbocycles. The zero-order valence-corrected chi connectivity index (χ0v) is 17.4. The van der Waals surface area contributed by atoms with Gasteiger partial charge in [-0.05, 0) is 42.7 Å². The second kappa shape index (κ2) is 10.3. The summed E-state index contributed by atoms with van der Waals surface area (Å²) in [7, 11) is 3.02. The number of ether oxygens (including phenoxy) is 2. The van der Waals surface area contributed by atoms with E-state index in [0.29, 0.717) is 28.7 Å². The monoisotopic (exact) mass is 397 g/mol. The second-order valence-corrected chi connectivity index (χ2v) is 6.89. The quantitative estimate of drug-likeness (QED) is 0.521. The molecule has 0 atom stereocenters. The maximum Gasteiger partial charge on any atom is 0.271 e. The standard InChI is InChI=1S/C22H27N3O4/c1-14(2)16-6-8-18(9-7-16)23-21(26)10-15(3)24-25-22(27)17-11-19(28-4)13-20(12-17)29-5/h6-9,11-14H,10H2,1-5H3,(H,23,26)(H,25,27)/b24-15+. The van der Waals surface area contributed by atoms with Crippen LogP contribution in [0.2, 0.25) is 0 Å². The molecule has 0 heterocycles. The summed E-state index contributed by atoms with van der Waals surface area (Å²) >= 11 is 0. The molecule has 0 aliphatic rings. The minimum atomic E-state index is -0.425. The molecule has 2 rings (SSSR count). The Bertz CT molecular complexity index is 867. The molecule has 29 heavy (non-hydrogen) atoms. The summed E-state index contributed by atoms with van der Waals surface area (Å²) in [4.78, 5) is 24.5. The van der Waals surface area contributed by atoms with Crippen molar-refractivity contribution < 1.29 is 19.1 Å². The molecule has 154 valence electrons. The number of hydrogen-bond donors (Lipinski definition) is 2. The Balaban J connectivity index is 1.93. The maximum absolute atomic E-state index is 12.3. The second-order valence-electron chi connectivity index (χ2n) is 6.89. The van der Waals surface area contributed by atoms with E-state index in [1.165, 1.54) is 19.8 Å². The minimum absolute atomic E-state index is 0.0631. The molecule has 0 fully saturated rings. The normalized spacial score (nSPS) is 11.2. The van der Waals surface area contributed by atoms with E-state index in [1.807, 2.05) is 24.3 Å².